The Kier molecular flexibility index (Phi) is 9.79. The van der Waals surface area contributed by atoms with Crippen molar-refractivity contribution in [3.05, 3.63) is 71.4 Å². The standard InChI is InChI=1S/C27H30F2N4O5S/c1-16(2)24-22(25(17-6-9-20(28)10-7-17)32-27(31-24)33-39(3,37)38)11-8-18(13-21(29)14-23(34)35)26(36)19-5-4-12-30-15-19/h4-7,9-10,12,15-16,18,21H,8,11,13-14H2,1-3H3,(H,34,35)(H,31,32,33)/t18-,21-/m0/s1. The van der Waals surface area contributed by atoms with Crippen LogP contribution in [0.4, 0.5) is 14.7 Å². The molecule has 0 amide bonds. The van der Waals surface area contributed by atoms with E-state index in [0.717, 1.165) is 6.26 Å². The molecule has 0 aliphatic heterocycles. The van der Waals surface area contributed by atoms with Crippen LogP contribution in [-0.4, -0.2) is 52.7 Å². The van der Waals surface area contributed by atoms with Crippen molar-refractivity contribution >= 4 is 27.7 Å². The third-order valence-electron chi connectivity index (χ3n) is 5.98. The van der Waals surface area contributed by atoms with Gasteiger partial charge in [0.25, 0.3) is 0 Å². The average Bonchev–Trinajstić information content (AvgIpc) is 2.85. The first-order valence-corrected chi connectivity index (χ1v) is 14.2. The molecule has 0 radical (unpaired) electrons. The third-order valence-corrected chi connectivity index (χ3v) is 6.53. The molecule has 9 nitrogen and oxygen atoms in total. The van der Waals surface area contributed by atoms with E-state index in [0.29, 0.717) is 22.5 Å². The second-order valence-corrected chi connectivity index (χ2v) is 11.3. The van der Waals surface area contributed by atoms with E-state index in [-0.39, 0.29) is 42.5 Å². The molecule has 2 N–H and O–H groups in total. The minimum atomic E-state index is -3.70. The van der Waals surface area contributed by atoms with Crippen LogP contribution in [0.3, 0.4) is 0 Å². The molecule has 2 atom stereocenters. The molecule has 3 aromatic rings. The van der Waals surface area contributed by atoms with E-state index in [2.05, 4.69) is 19.7 Å². The second kappa shape index (κ2) is 12.8. The number of ketones is 1. The minimum Gasteiger partial charge on any atom is -0.481 e. The summed E-state index contributed by atoms with van der Waals surface area (Å²) in [6, 6.07) is 8.63. The van der Waals surface area contributed by atoms with Crippen molar-refractivity contribution in [2.24, 2.45) is 5.92 Å². The number of nitrogens with one attached hydrogen (secondary N) is 1. The van der Waals surface area contributed by atoms with Gasteiger partial charge in [0, 0.05) is 35.0 Å². The lowest BCUT2D eigenvalue weighted by molar-refractivity contribution is -0.138. The molecule has 1 aromatic carbocycles. The molecular weight excluding hydrogens is 530 g/mol. The summed E-state index contributed by atoms with van der Waals surface area (Å²) in [6.45, 7) is 3.71. The van der Waals surface area contributed by atoms with E-state index in [1.165, 1.54) is 36.7 Å². The van der Waals surface area contributed by atoms with E-state index in [1.807, 2.05) is 13.8 Å². The van der Waals surface area contributed by atoms with E-state index >= 15 is 0 Å². The van der Waals surface area contributed by atoms with Gasteiger partial charge in [0.05, 0.1) is 24.1 Å². The largest absolute Gasteiger partial charge is 0.481 e. The van der Waals surface area contributed by atoms with Crippen molar-refractivity contribution in [1.82, 2.24) is 15.0 Å². The lowest BCUT2D eigenvalue weighted by Crippen LogP contribution is -2.22. The number of carboxylic acid groups (broad SMARTS) is 1. The molecule has 0 saturated carbocycles. The topological polar surface area (TPSA) is 139 Å². The lowest BCUT2D eigenvalue weighted by Gasteiger charge is -2.21. The van der Waals surface area contributed by atoms with E-state index in [4.69, 9.17) is 5.11 Å². The Morgan fingerprint density at radius 3 is 2.36 bits per heavy atom. The molecule has 0 fully saturated rings. The Labute approximate surface area is 225 Å². The quantitative estimate of drug-likeness (QED) is 0.284. The van der Waals surface area contributed by atoms with Gasteiger partial charge in [-0.15, -0.1) is 0 Å². The van der Waals surface area contributed by atoms with Crippen LogP contribution < -0.4 is 4.72 Å². The maximum Gasteiger partial charge on any atom is 0.306 e. The van der Waals surface area contributed by atoms with Gasteiger partial charge in [-0.2, -0.15) is 0 Å². The van der Waals surface area contributed by atoms with Crippen LogP contribution in [0.25, 0.3) is 11.3 Å². The minimum absolute atomic E-state index is 0.129. The summed E-state index contributed by atoms with van der Waals surface area (Å²) >= 11 is 0. The maximum absolute atomic E-state index is 14.6. The first kappa shape index (κ1) is 29.8. The number of aliphatic carboxylic acids is 1. The Bertz CT molecular complexity index is 1420. The van der Waals surface area contributed by atoms with Crippen molar-refractivity contribution in [2.45, 2.75) is 51.6 Å². The predicted octanol–water partition coefficient (Wildman–Crippen LogP) is 4.81. The van der Waals surface area contributed by atoms with Crippen molar-refractivity contribution < 1.29 is 31.9 Å². The number of rotatable bonds is 13. The molecule has 12 heteroatoms. The SMILES string of the molecule is CC(C)c1nc(NS(C)(=O)=O)nc(-c2ccc(F)cc2)c1CC[C@@H](C[C@H](F)CC(=O)O)C(=O)c1cccnc1. The number of hydrogen-bond acceptors (Lipinski definition) is 7. The smallest absolute Gasteiger partial charge is 0.306 e. The van der Waals surface area contributed by atoms with Crippen LogP contribution in [0.15, 0.2) is 48.8 Å². The normalized spacial score (nSPS) is 13.2. The van der Waals surface area contributed by atoms with Crippen LogP contribution in [0.1, 0.15) is 60.6 Å². The maximum atomic E-state index is 14.6. The van der Waals surface area contributed by atoms with Crippen LogP contribution in [-0.2, 0) is 21.2 Å². The number of anilines is 1. The monoisotopic (exact) mass is 560 g/mol. The fourth-order valence-electron chi connectivity index (χ4n) is 4.28. The number of hydrogen-bond donors (Lipinski definition) is 2. The molecule has 39 heavy (non-hydrogen) atoms. The van der Waals surface area contributed by atoms with Crippen LogP contribution in [0.2, 0.25) is 0 Å². The highest BCUT2D eigenvalue weighted by molar-refractivity contribution is 7.91. The second-order valence-electron chi connectivity index (χ2n) is 9.57. The first-order chi connectivity index (χ1) is 18.3. The highest BCUT2D eigenvalue weighted by Gasteiger charge is 2.27. The van der Waals surface area contributed by atoms with Gasteiger partial charge in [0.15, 0.2) is 5.78 Å². The van der Waals surface area contributed by atoms with Crippen LogP contribution in [0.5, 0.6) is 0 Å². The van der Waals surface area contributed by atoms with Gasteiger partial charge in [-0.25, -0.2) is 27.2 Å². The lowest BCUT2D eigenvalue weighted by atomic mass is 9.85. The van der Waals surface area contributed by atoms with E-state index in [9.17, 15) is 26.8 Å². The fraction of sp³-hybridized carbons (Fsp3) is 0.370. The van der Waals surface area contributed by atoms with Gasteiger partial charge in [0.1, 0.15) is 12.0 Å². The highest BCUT2D eigenvalue weighted by Crippen LogP contribution is 2.32. The van der Waals surface area contributed by atoms with Crippen LogP contribution >= 0.6 is 0 Å². The zero-order valence-electron chi connectivity index (χ0n) is 21.8. The molecule has 2 aromatic heterocycles. The van der Waals surface area contributed by atoms with Crippen molar-refractivity contribution in [3.8, 4) is 11.3 Å². The average molecular weight is 561 g/mol. The molecule has 0 spiro atoms. The van der Waals surface area contributed by atoms with E-state index in [1.54, 1.807) is 12.1 Å². The summed E-state index contributed by atoms with van der Waals surface area (Å²) in [7, 11) is -3.70. The zero-order valence-corrected chi connectivity index (χ0v) is 22.6. The predicted molar refractivity (Wildman–Crippen MR) is 142 cm³/mol. The molecule has 0 aliphatic carbocycles. The molecule has 208 valence electrons. The van der Waals surface area contributed by atoms with Gasteiger partial charge in [-0.1, -0.05) is 13.8 Å². The molecule has 0 unspecified atom stereocenters. The Morgan fingerprint density at radius 2 is 1.79 bits per heavy atom. The number of benzene rings is 1. The van der Waals surface area contributed by atoms with Gasteiger partial charge in [-0.3, -0.25) is 19.3 Å². The molecule has 2 heterocycles. The summed E-state index contributed by atoms with van der Waals surface area (Å²) in [4.78, 5) is 37.2. The number of aromatic nitrogens is 3. The third kappa shape index (κ3) is 8.60. The summed E-state index contributed by atoms with van der Waals surface area (Å²) in [5.74, 6) is -3.38. The Morgan fingerprint density at radius 1 is 1.10 bits per heavy atom. The van der Waals surface area contributed by atoms with Gasteiger partial charge in [0.2, 0.25) is 16.0 Å². The zero-order chi connectivity index (χ0) is 28.7. The number of alkyl halides is 1. The summed E-state index contributed by atoms with van der Waals surface area (Å²) in [5, 5.41) is 9.02. The Hall–Kier alpha value is -3.80. The van der Waals surface area contributed by atoms with E-state index < -0.39 is 40.3 Å². The number of Topliss-reactive ketones (excluding diaryl/α,β-unsaturated/α-hetero) is 1. The number of pyridine rings is 1. The van der Waals surface area contributed by atoms with Crippen molar-refractivity contribution in [1.29, 1.82) is 0 Å². The highest BCUT2D eigenvalue weighted by atomic mass is 32.2. The van der Waals surface area contributed by atoms with Gasteiger partial charge in [-0.05, 0) is 61.6 Å². The van der Waals surface area contributed by atoms with Gasteiger partial charge >= 0.3 is 5.97 Å². The number of nitrogens with zero attached hydrogens (tertiary/aromatic N) is 3. The Balaban J connectivity index is 2.06. The summed E-state index contributed by atoms with van der Waals surface area (Å²) in [6.07, 6.45) is 1.38. The molecule has 3 rings (SSSR count). The van der Waals surface area contributed by atoms with Crippen LogP contribution in [0, 0.1) is 11.7 Å². The molecule has 0 saturated heterocycles. The molecule has 0 aliphatic rings. The summed E-state index contributed by atoms with van der Waals surface area (Å²) in [5.41, 5.74) is 2.21. The number of carboxylic acids is 1. The molecular formula is C27H30F2N4O5S. The molecule has 0 bridgehead atoms. The number of carbonyl (C=O) groups is 2. The van der Waals surface area contributed by atoms with Crippen molar-refractivity contribution in [3.63, 3.8) is 0 Å². The number of carbonyl (C=O) groups excluding carboxylic acids is 1. The van der Waals surface area contributed by atoms with Gasteiger partial charge < -0.3 is 5.11 Å². The number of sulfonamides is 1. The fourth-order valence-corrected chi connectivity index (χ4v) is 4.71. The van der Waals surface area contributed by atoms with Crippen molar-refractivity contribution in [2.75, 3.05) is 11.0 Å². The first-order valence-electron chi connectivity index (χ1n) is 12.3. The number of halogens is 2. The summed E-state index contributed by atoms with van der Waals surface area (Å²) < 4.78 is 54.4.